The third kappa shape index (κ3) is 5.18. The summed E-state index contributed by atoms with van der Waals surface area (Å²) in [5.41, 5.74) is 0.635. The summed E-state index contributed by atoms with van der Waals surface area (Å²) < 4.78 is 0. The van der Waals surface area contributed by atoms with Gasteiger partial charge in [-0.3, -0.25) is 19.8 Å². The summed E-state index contributed by atoms with van der Waals surface area (Å²) in [6.07, 6.45) is 0. The number of nitro groups is 1. The van der Waals surface area contributed by atoms with Gasteiger partial charge in [-0.25, -0.2) is 0 Å². The molecule has 0 spiro atoms. The smallest absolute Gasteiger partial charge is 0.269 e. The topological polar surface area (TPSA) is 63.5 Å². The summed E-state index contributed by atoms with van der Waals surface area (Å²) in [7, 11) is 1.90. The van der Waals surface area contributed by atoms with E-state index in [0.717, 1.165) is 6.54 Å². The lowest BCUT2D eigenvalue weighted by Crippen LogP contribution is -2.33. The number of hydrogen-bond acceptors (Lipinski definition) is 4. The second-order valence-electron chi connectivity index (χ2n) is 5.96. The predicted octanol–water partition coefficient (Wildman–Crippen LogP) is 2.76. The van der Waals surface area contributed by atoms with Crippen LogP contribution in [0, 0.1) is 15.5 Å². The number of ketones is 1. The van der Waals surface area contributed by atoms with E-state index >= 15 is 0 Å². The molecule has 0 bridgehead atoms. The summed E-state index contributed by atoms with van der Waals surface area (Å²) in [5.74, 6) is -0.0263. The zero-order chi connectivity index (χ0) is 14.6. The van der Waals surface area contributed by atoms with Crippen LogP contribution in [-0.4, -0.2) is 35.7 Å². The monoisotopic (exact) mass is 264 g/mol. The molecular formula is C14H20N2O3. The van der Waals surface area contributed by atoms with E-state index in [1.807, 2.05) is 11.9 Å². The summed E-state index contributed by atoms with van der Waals surface area (Å²) in [5, 5.41) is 10.5. The van der Waals surface area contributed by atoms with Gasteiger partial charge in [0, 0.05) is 24.2 Å². The van der Waals surface area contributed by atoms with Crippen LogP contribution in [-0.2, 0) is 0 Å². The lowest BCUT2D eigenvalue weighted by Gasteiger charge is -2.25. The van der Waals surface area contributed by atoms with Crippen molar-refractivity contribution >= 4 is 11.5 Å². The van der Waals surface area contributed by atoms with Gasteiger partial charge in [0.1, 0.15) is 0 Å². The van der Waals surface area contributed by atoms with Crippen molar-refractivity contribution in [1.82, 2.24) is 4.90 Å². The summed E-state index contributed by atoms with van der Waals surface area (Å²) >= 11 is 0. The quantitative estimate of drug-likeness (QED) is 0.466. The van der Waals surface area contributed by atoms with Crippen molar-refractivity contribution in [1.29, 1.82) is 0 Å². The first kappa shape index (κ1) is 15.3. The molecule has 0 atom stereocenters. The number of Topliss-reactive ketones (excluding diaryl/α,β-unsaturated/α-hetero) is 1. The maximum atomic E-state index is 12.0. The van der Waals surface area contributed by atoms with Gasteiger partial charge < -0.3 is 0 Å². The molecular weight excluding hydrogens is 244 g/mol. The van der Waals surface area contributed by atoms with E-state index in [-0.39, 0.29) is 16.9 Å². The molecule has 0 unspecified atom stereocenters. The van der Waals surface area contributed by atoms with E-state index in [2.05, 4.69) is 20.8 Å². The average molecular weight is 264 g/mol. The Kier molecular flexibility index (Phi) is 4.78. The third-order valence-electron chi connectivity index (χ3n) is 2.56. The van der Waals surface area contributed by atoms with Gasteiger partial charge in [-0.2, -0.15) is 0 Å². The number of benzene rings is 1. The maximum Gasteiger partial charge on any atom is 0.269 e. The van der Waals surface area contributed by atoms with Crippen molar-refractivity contribution in [2.45, 2.75) is 20.8 Å². The number of rotatable bonds is 5. The number of carbonyl (C=O) groups is 1. The second-order valence-corrected chi connectivity index (χ2v) is 5.96. The molecule has 0 aromatic heterocycles. The molecule has 0 saturated carbocycles. The van der Waals surface area contributed by atoms with Crippen molar-refractivity contribution in [3.8, 4) is 0 Å². The van der Waals surface area contributed by atoms with Crippen LogP contribution < -0.4 is 0 Å². The van der Waals surface area contributed by atoms with Crippen molar-refractivity contribution in [2.24, 2.45) is 5.41 Å². The van der Waals surface area contributed by atoms with Gasteiger partial charge in [0.05, 0.1) is 11.5 Å². The molecule has 1 rings (SSSR count). The Balaban J connectivity index is 2.65. The molecule has 5 heteroatoms. The van der Waals surface area contributed by atoms with Crippen LogP contribution in [0.25, 0.3) is 0 Å². The fraction of sp³-hybridized carbons (Fsp3) is 0.500. The molecule has 0 aliphatic carbocycles. The first-order chi connectivity index (χ1) is 8.69. The highest BCUT2D eigenvalue weighted by Gasteiger charge is 2.17. The highest BCUT2D eigenvalue weighted by Crippen LogP contribution is 2.15. The van der Waals surface area contributed by atoms with Crippen molar-refractivity contribution in [3.05, 3.63) is 39.9 Å². The summed E-state index contributed by atoms with van der Waals surface area (Å²) in [4.78, 5) is 24.0. The number of likely N-dealkylation sites (N-methyl/N-ethyl adjacent to an activating group) is 1. The number of carbonyl (C=O) groups excluding carboxylic acids is 1. The normalized spacial score (nSPS) is 11.6. The molecule has 0 radical (unpaired) electrons. The average Bonchev–Trinajstić information content (AvgIpc) is 2.26. The van der Waals surface area contributed by atoms with E-state index in [1.165, 1.54) is 24.3 Å². The molecule has 0 saturated heterocycles. The number of non-ortho nitro benzene ring substituents is 1. The largest absolute Gasteiger partial charge is 0.298 e. The summed E-state index contributed by atoms with van der Waals surface area (Å²) in [6, 6.07) is 5.73. The number of nitro benzene ring substituents is 1. The van der Waals surface area contributed by atoms with Crippen LogP contribution in [0.2, 0.25) is 0 Å². The minimum Gasteiger partial charge on any atom is -0.298 e. The molecule has 1 aromatic carbocycles. The van der Waals surface area contributed by atoms with E-state index < -0.39 is 4.92 Å². The van der Waals surface area contributed by atoms with Crippen LogP contribution in [0.4, 0.5) is 5.69 Å². The van der Waals surface area contributed by atoms with Crippen LogP contribution in [0.1, 0.15) is 31.1 Å². The van der Waals surface area contributed by atoms with Crippen molar-refractivity contribution in [3.63, 3.8) is 0 Å². The van der Waals surface area contributed by atoms with Crippen LogP contribution in [0.3, 0.4) is 0 Å². The van der Waals surface area contributed by atoms with E-state index in [4.69, 9.17) is 0 Å². The highest BCUT2D eigenvalue weighted by molar-refractivity contribution is 5.97. The van der Waals surface area contributed by atoms with E-state index in [9.17, 15) is 14.9 Å². The fourth-order valence-electron chi connectivity index (χ4n) is 1.97. The van der Waals surface area contributed by atoms with Crippen LogP contribution in [0.15, 0.2) is 24.3 Å². The fourth-order valence-corrected chi connectivity index (χ4v) is 1.97. The maximum absolute atomic E-state index is 12.0. The zero-order valence-electron chi connectivity index (χ0n) is 11.8. The molecule has 1 aromatic rings. The standard InChI is InChI=1S/C14H20N2O3/c1-14(2,3)10-15(4)9-13(17)11-5-7-12(8-6-11)16(18)19/h5-8H,9-10H2,1-4H3. The first-order valence-corrected chi connectivity index (χ1v) is 6.15. The van der Waals surface area contributed by atoms with Gasteiger partial charge in [0.25, 0.3) is 5.69 Å². The minimum absolute atomic E-state index is 0.000374. The minimum atomic E-state index is -0.472. The summed E-state index contributed by atoms with van der Waals surface area (Å²) in [6.45, 7) is 7.46. The molecule has 0 aliphatic rings. The lowest BCUT2D eigenvalue weighted by molar-refractivity contribution is -0.384. The molecule has 0 N–H and O–H groups in total. The van der Waals surface area contributed by atoms with Crippen LogP contribution >= 0.6 is 0 Å². The van der Waals surface area contributed by atoms with Gasteiger partial charge in [0.15, 0.2) is 5.78 Å². The molecule has 104 valence electrons. The first-order valence-electron chi connectivity index (χ1n) is 6.15. The molecule has 0 amide bonds. The van der Waals surface area contributed by atoms with Crippen molar-refractivity contribution < 1.29 is 9.72 Å². The predicted molar refractivity (Wildman–Crippen MR) is 74.4 cm³/mol. The van der Waals surface area contributed by atoms with Gasteiger partial charge in [-0.1, -0.05) is 20.8 Å². The van der Waals surface area contributed by atoms with Crippen molar-refractivity contribution in [2.75, 3.05) is 20.1 Å². The number of hydrogen-bond donors (Lipinski definition) is 0. The highest BCUT2D eigenvalue weighted by atomic mass is 16.6. The Morgan fingerprint density at radius 3 is 2.21 bits per heavy atom. The molecule has 0 fully saturated rings. The molecule has 19 heavy (non-hydrogen) atoms. The van der Waals surface area contributed by atoms with Gasteiger partial charge in [-0.05, 0) is 24.6 Å². The lowest BCUT2D eigenvalue weighted by atomic mass is 9.96. The Morgan fingerprint density at radius 2 is 1.79 bits per heavy atom. The molecule has 0 aliphatic heterocycles. The Morgan fingerprint density at radius 1 is 1.26 bits per heavy atom. The van der Waals surface area contributed by atoms with E-state index in [1.54, 1.807) is 0 Å². The Bertz CT molecular complexity index is 461. The Labute approximate surface area is 113 Å². The van der Waals surface area contributed by atoms with E-state index in [0.29, 0.717) is 12.1 Å². The molecule has 0 heterocycles. The molecule has 5 nitrogen and oxygen atoms in total. The zero-order valence-corrected chi connectivity index (χ0v) is 11.8. The van der Waals surface area contributed by atoms with Crippen LogP contribution in [0.5, 0.6) is 0 Å². The van der Waals surface area contributed by atoms with Gasteiger partial charge in [-0.15, -0.1) is 0 Å². The third-order valence-corrected chi connectivity index (χ3v) is 2.56. The number of nitrogens with zero attached hydrogens (tertiary/aromatic N) is 2. The SMILES string of the molecule is CN(CC(=O)c1ccc([N+](=O)[O-])cc1)CC(C)(C)C. The van der Waals surface area contributed by atoms with Gasteiger partial charge in [0.2, 0.25) is 0 Å². The Hall–Kier alpha value is -1.75. The second kappa shape index (κ2) is 5.93. The van der Waals surface area contributed by atoms with Gasteiger partial charge >= 0.3 is 0 Å².